The number of nitrogens with two attached hydrogens (primary N) is 1. The number of hydrogen-bond acceptors (Lipinski definition) is 2. The van der Waals surface area contributed by atoms with Gasteiger partial charge in [-0.25, -0.2) is 4.39 Å². The Hall–Kier alpha value is -1.16. The maximum atomic E-state index is 13.2. The molecule has 0 saturated heterocycles. The van der Waals surface area contributed by atoms with E-state index in [9.17, 15) is 4.39 Å². The third-order valence-corrected chi connectivity index (χ3v) is 1.51. The van der Waals surface area contributed by atoms with Gasteiger partial charge in [0.2, 0.25) is 0 Å². The molecule has 0 bridgehead atoms. The highest BCUT2D eigenvalue weighted by molar-refractivity contribution is 5.93. The van der Waals surface area contributed by atoms with Gasteiger partial charge in [0.15, 0.2) is 5.79 Å². The molecule has 0 amide bonds. The number of nitrogens with zero attached hydrogens (tertiary/aromatic N) is 1. The molecule has 0 aliphatic heterocycles. The van der Waals surface area contributed by atoms with E-state index in [1.54, 1.807) is 20.0 Å². The summed E-state index contributed by atoms with van der Waals surface area (Å²) < 4.78 is 13.2. The minimum atomic E-state index is -1.88. The molecule has 0 radical (unpaired) electrons. The summed E-state index contributed by atoms with van der Waals surface area (Å²) >= 11 is 0. The summed E-state index contributed by atoms with van der Waals surface area (Å²) in [5.74, 6) is -1.39. The van der Waals surface area contributed by atoms with E-state index in [1.165, 1.54) is 13.0 Å². The maximum Gasteiger partial charge on any atom is 0.196 e. The number of hydrogen-bond donors (Lipinski definition) is 2. The molecular formula is C9H16FN3. The average molecular weight is 185 g/mol. The van der Waals surface area contributed by atoms with Crippen molar-refractivity contribution in [2.75, 3.05) is 7.05 Å². The van der Waals surface area contributed by atoms with Crippen LogP contribution in [0.2, 0.25) is 0 Å². The normalized spacial score (nSPS) is 17.9. The molecular weight excluding hydrogens is 169 g/mol. The van der Waals surface area contributed by atoms with Crippen LogP contribution in [0.5, 0.6) is 0 Å². The predicted octanol–water partition coefficient (Wildman–Crippen LogP) is 1.34. The maximum absolute atomic E-state index is 13.2. The van der Waals surface area contributed by atoms with E-state index in [1.807, 2.05) is 0 Å². The van der Waals surface area contributed by atoms with Crippen LogP contribution in [0.4, 0.5) is 4.39 Å². The summed E-state index contributed by atoms with van der Waals surface area (Å²) in [5, 5.41) is 2.74. The largest absolute Gasteiger partial charge is 0.340 e. The van der Waals surface area contributed by atoms with Crippen molar-refractivity contribution in [1.82, 2.24) is 5.32 Å². The van der Waals surface area contributed by atoms with Crippen LogP contribution in [0, 0.1) is 0 Å². The topological polar surface area (TPSA) is 50.4 Å². The second-order valence-electron chi connectivity index (χ2n) is 2.72. The lowest BCUT2D eigenvalue weighted by molar-refractivity contribution is 0.242. The van der Waals surface area contributed by atoms with Crippen molar-refractivity contribution >= 4 is 5.84 Å². The summed E-state index contributed by atoms with van der Waals surface area (Å²) in [7, 11) is 1.59. The Labute approximate surface area is 78.2 Å². The number of amidine groups is 1. The van der Waals surface area contributed by atoms with Crippen molar-refractivity contribution in [1.29, 1.82) is 0 Å². The number of alkyl halides is 1. The first-order valence-electron chi connectivity index (χ1n) is 3.96. The molecule has 0 fully saturated rings. The van der Waals surface area contributed by atoms with E-state index >= 15 is 0 Å². The van der Waals surface area contributed by atoms with Crippen LogP contribution < -0.4 is 11.1 Å². The van der Waals surface area contributed by atoms with Gasteiger partial charge in [-0.1, -0.05) is 12.7 Å². The molecule has 0 aromatic heterocycles. The lowest BCUT2D eigenvalue weighted by atomic mass is 10.2. The van der Waals surface area contributed by atoms with Gasteiger partial charge in [-0.2, -0.15) is 0 Å². The molecule has 0 heterocycles. The van der Waals surface area contributed by atoms with Gasteiger partial charge in [0.25, 0.3) is 0 Å². The zero-order chi connectivity index (χ0) is 10.5. The summed E-state index contributed by atoms with van der Waals surface area (Å²) in [6.07, 6.45) is 3.06. The van der Waals surface area contributed by atoms with Crippen molar-refractivity contribution < 1.29 is 4.39 Å². The Morgan fingerprint density at radius 2 is 2.23 bits per heavy atom. The van der Waals surface area contributed by atoms with Crippen LogP contribution in [-0.4, -0.2) is 18.7 Å². The van der Waals surface area contributed by atoms with E-state index in [0.29, 0.717) is 5.84 Å². The SMILES string of the molecule is C=CC(=NC)N/C(=C\C)C(C)(N)F. The number of rotatable bonds is 3. The highest BCUT2D eigenvalue weighted by atomic mass is 19.1. The van der Waals surface area contributed by atoms with Crippen LogP contribution in [0.1, 0.15) is 13.8 Å². The zero-order valence-electron chi connectivity index (χ0n) is 8.26. The number of nitrogens with one attached hydrogen (secondary N) is 1. The molecule has 0 saturated carbocycles. The smallest absolute Gasteiger partial charge is 0.196 e. The molecule has 0 rings (SSSR count). The molecule has 0 spiro atoms. The summed E-state index contributed by atoms with van der Waals surface area (Å²) in [6.45, 7) is 6.48. The molecule has 3 nitrogen and oxygen atoms in total. The van der Waals surface area contributed by atoms with Crippen LogP contribution in [-0.2, 0) is 0 Å². The standard InChI is InChI=1S/C9H16FN3/c1-5-7(9(3,10)11)13-8(6-2)12-4/h5-6H,2,11H2,1,3-4H3,(H,12,13)/b7-5-. The second kappa shape index (κ2) is 4.77. The second-order valence-corrected chi connectivity index (χ2v) is 2.72. The van der Waals surface area contributed by atoms with E-state index in [-0.39, 0.29) is 5.70 Å². The molecule has 0 aliphatic rings. The summed E-state index contributed by atoms with van der Waals surface area (Å²) in [5.41, 5.74) is 5.53. The van der Waals surface area contributed by atoms with Crippen molar-refractivity contribution in [3.05, 3.63) is 24.4 Å². The molecule has 0 aromatic carbocycles. The van der Waals surface area contributed by atoms with E-state index in [2.05, 4.69) is 16.9 Å². The van der Waals surface area contributed by atoms with Crippen molar-refractivity contribution in [3.8, 4) is 0 Å². The lowest BCUT2D eigenvalue weighted by Gasteiger charge is -2.19. The van der Waals surface area contributed by atoms with Crippen LogP contribution in [0.25, 0.3) is 0 Å². The first kappa shape index (κ1) is 11.8. The minimum absolute atomic E-state index is 0.271. The van der Waals surface area contributed by atoms with Gasteiger partial charge in [0.1, 0.15) is 5.84 Å². The van der Waals surface area contributed by atoms with Crippen LogP contribution >= 0.6 is 0 Å². The molecule has 1 unspecified atom stereocenters. The summed E-state index contributed by atoms with van der Waals surface area (Å²) in [6, 6.07) is 0. The monoisotopic (exact) mass is 185 g/mol. The highest BCUT2D eigenvalue weighted by Gasteiger charge is 2.22. The Morgan fingerprint density at radius 3 is 2.46 bits per heavy atom. The fourth-order valence-corrected chi connectivity index (χ4v) is 0.813. The third-order valence-electron chi connectivity index (χ3n) is 1.51. The Bertz CT molecular complexity index is 236. The zero-order valence-corrected chi connectivity index (χ0v) is 8.26. The van der Waals surface area contributed by atoms with E-state index in [0.717, 1.165) is 0 Å². The quantitative estimate of drug-likeness (QED) is 0.396. The number of aliphatic imine (C=N–C) groups is 1. The van der Waals surface area contributed by atoms with E-state index in [4.69, 9.17) is 5.73 Å². The van der Waals surface area contributed by atoms with Crippen LogP contribution in [0.15, 0.2) is 29.4 Å². The third kappa shape index (κ3) is 3.85. The first-order chi connectivity index (χ1) is 5.95. The van der Waals surface area contributed by atoms with Gasteiger partial charge in [-0.05, 0) is 19.9 Å². The van der Waals surface area contributed by atoms with Gasteiger partial charge in [0.05, 0.1) is 5.70 Å². The minimum Gasteiger partial charge on any atom is -0.340 e. The molecule has 3 N–H and O–H groups in total. The Morgan fingerprint density at radius 1 is 1.69 bits per heavy atom. The van der Waals surface area contributed by atoms with Gasteiger partial charge < -0.3 is 5.32 Å². The molecule has 0 aromatic rings. The average Bonchev–Trinajstić information content (AvgIpc) is 2.04. The Kier molecular flexibility index (Phi) is 4.34. The first-order valence-corrected chi connectivity index (χ1v) is 3.96. The molecule has 0 aliphatic carbocycles. The van der Waals surface area contributed by atoms with Gasteiger partial charge in [-0.3, -0.25) is 10.7 Å². The fraction of sp³-hybridized carbons (Fsp3) is 0.444. The number of halogens is 1. The van der Waals surface area contributed by atoms with Gasteiger partial charge in [-0.15, -0.1) is 0 Å². The fourth-order valence-electron chi connectivity index (χ4n) is 0.813. The van der Waals surface area contributed by atoms with Crippen molar-refractivity contribution in [2.45, 2.75) is 19.6 Å². The Balaban J connectivity index is 4.59. The van der Waals surface area contributed by atoms with Crippen molar-refractivity contribution in [3.63, 3.8) is 0 Å². The highest BCUT2D eigenvalue weighted by Crippen LogP contribution is 2.11. The van der Waals surface area contributed by atoms with Gasteiger partial charge >= 0.3 is 0 Å². The van der Waals surface area contributed by atoms with Crippen molar-refractivity contribution in [2.24, 2.45) is 10.7 Å². The molecule has 1 atom stereocenters. The molecule has 13 heavy (non-hydrogen) atoms. The molecule has 4 heteroatoms. The lowest BCUT2D eigenvalue weighted by Crippen LogP contribution is -2.41. The molecule has 74 valence electrons. The van der Waals surface area contributed by atoms with Crippen LogP contribution in [0.3, 0.4) is 0 Å². The summed E-state index contributed by atoms with van der Waals surface area (Å²) in [4.78, 5) is 3.83. The van der Waals surface area contributed by atoms with E-state index < -0.39 is 5.79 Å². The predicted molar refractivity (Wildman–Crippen MR) is 54.1 cm³/mol. The van der Waals surface area contributed by atoms with Gasteiger partial charge in [0, 0.05) is 7.05 Å². The number of allylic oxidation sites excluding steroid dienone is 1.